The van der Waals surface area contributed by atoms with E-state index < -0.39 is 45.7 Å². The first-order chi connectivity index (χ1) is 9.06. The molecule has 114 valence electrons. The molecule has 1 heterocycles. The van der Waals surface area contributed by atoms with Gasteiger partial charge >= 0.3 is 12.1 Å². The zero-order valence-electron chi connectivity index (χ0n) is 10.6. The molecule has 1 aromatic heterocycles. The van der Waals surface area contributed by atoms with Crippen molar-refractivity contribution < 1.29 is 31.1 Å². The lowest BCUT2D eigenvalue weighted by Crippen LogP contribution is -2.22. The number of carbonyl (C=O) groups excluding carboxylic acids is 1. The number of alkyl halides is 3. The summed E-state index contributed by atoms with van der Waals surface area (Å²) >= 11 is 0. The second-order valence-corrected chi connectivity index (χ2v) is 6.12. The Bertz CT molecular complexity index is 594. The highest BCUT2D eigenvalue weighted by Gasteiger charge is 2.42. The van der Waals surface area contributed by atoms with Gasteiger partial charge in [-0.05, 0) is 6.92 Å². The van der Waals surface area contributed by atoms with Gasteiger partial charge in [-0.3, -0.25) is 0 Å². The molecule has 1 aromatic rings. The van der Waals surface area contributed by atoms with Gasteiger partial charge in [0.05, 0.1) is 18.9 Å². The van der Waals surface area contributed by atoms with E-state index in [0.29, 0.717) is 4.68 Å². The Morgan fingerprint density at radius 2 is 2.00 bits per heavy atom. The van der Waals surface area contributed by atoms with Crippen LogP contribution in [-0.4, -0.2) is 48.0 Å². The van der Waals surface area contributed by atoms with Crippen LogP contribution in [0.5, 0.6) is 0 Å². The van der Waals surface area contributed by atoms with Crippen molar-refractivity contribution in [1.29, 1.82) is 0 Å². The van der Waals surface area contributed by atoms with Crippen LogP contribution in [0.2, 0.25) is 0 Å². The lowest BCUT2D eigenvalue weighted by Gasteiger charge is -2.10. The van der Waals surface area contributed by atoms with Gasteiger partial charge in [-0.15, -0.1) is 5.10 Å². The second-order valence-electron chi connectivity index (χ2n) is 3.86. The lowest BCUT2D eigenvalue weighted by molar-refractivity contribution is -0.144. The topological polar surface area (TPSA) is 91.2 Å². The largest absolute Gasteiger partial charge is 0.461 e. The molecule has 20 heavy (non-hydrogen) atoms. The van der Waals surface area contributed by atoms with Gasteiger partial charge in [-0.2, -0.15) is 13.2 Å². The van der Waals surface area contributed by atoms with E-state index in [2.05, 4.69) is 15.0 Å². The average molecular weight is 315 g/mol. The Hall–Kier alpha value is -1.65. The molecule has 0 bridgehead atoms. The highest BCUT2D eigenvalue weighted by molar-refractivity contribution is 7.90. The number of esters is 1. The highest BCUT2D eigenvalue weighted by atomic mass is 32.2. The first-order valence-corrected chi connectivity index (χ1v) is 7.48. The minimum Gasteiger partial charge on any atom is -0.461 e. The van der Waals surface area contributed by atoms with Crippen molar-refractivity contribution in [3.63, 3.8) is 0 Å². The molecule has 0 aromatic carbocycles. The summed E-state index contributed by atoms with van der Waals surface area (Å²) in [5, 5.41) is 6.30. The van der Waals surface area contributed by atoms with E-state index in [-0.39, 0.29) is 6.61 Å². The van der Waals surface area contributed by atoms with Gasteiger partial charge in [-0.25, -0.2) is 17.9 Å². The molecule has 0 aliphatic rings. The quantitative estimate of drug-likeness (QED) is 0.736. The Labute approximate surface area is 112 Å². The molecule has 0 fully saturated rings. The normalized spacial score (nSPS) is 12.4. The van der Waals surface area contributed by atoms with E-state index in [1.165, 1.54) is 6.92 Å². The summed E-state index contributed by atoms with van der Waals surface area (Å²) in [6.07, 6.45) is -4.02. The molecule has 0 aliphatic heterocycles. The fourth-order valence-corrected chi connectivity index (χ4v) is 1.84. The molecule has 0 radical (unpaired) electrons. The van der Waals surface area contributed by atoms with Gasteiger partial charge in [0.2, 0.25) is 5.69 Å². The minimum absolute atomic E-state index is 0.119. The standard InChI is InChI=1S/C9H12F3N3O4S/c1-3-19-8(16)6-7(9(10,11)12)15(14-13-6)4-5-20(2,17)18/h3-5H2,1-2H3. The zero-order chi connectivity index (χ0) is 15.6. The van der Waals surface area contributed by atoms with Gasteiger partial charge in [-0.1, -0.05) is 5.21 Å². The van der Waals surface area contributed by atoms with Crippen molar-refractivity contribution in [2.75, 3.05) is 18.6 Å². The number of nitrogens with zero attached hydrogens (tertiary/aromatic N) is 3. The molecule has 0 saturated carbocycles. The first-order valence-electron chi connectivity index (χ1n) is 5.41. The highest BCUT2D eigenvalue weighted by Crippen LogP contribution is 2.31. The van der Waals surface area contributed by atoms with Crippen molar-refractivity contribution in [1.82, 2.24) is 15.0 Å². The van der Waals surface area contributed by atoms with Crippen molar-refractivity contribution in [2.24, 2.45) is 0 Å². The summed E-state index contributed by atoms with van der Waals surface area (Å²) in [5.74, 6) is -1.81. The number of rotatable bonds is 5. The van der Waals surface area contributed by atoms with Crippen LogP contribution < -0.4 is 0 Å². The zero-order valence-corrected chi connectivity index (χ0v) is 11.5. The summed E-state index contributed by atoms with van der Waals surface area (Å²) in [6, 6.07) is 0. The third-order valence-corrected chi connectivity index (χ3v) is 3.07. The smallest absolute Gasteiger partial charge is 0.435 e. The van der Waals surface area contributed by atoms with Crippen molar-refractivity contribution in [2.45, 2.75) is 19.6 Å². The fraction of sp³-hybridized carbons (Fsp3) is 0.667. The number of ether oxygens (including phenoxy) is 1. The van der Waals surface area contributed by atoms with Crippen molar-refractivity contribution in [3.05, 3.63) is 11.4 Å². The summed E-state index contributed by atoms with van der Waals surface area (Å²) in [4.78, 5) is 11.4. The number of sulfone groups is 1. The van der Waals surface area contributed by atoms with E-state index in [1.807, 2.05) is 0 Å². The van der Waals surface area contributed by atoms with Crippen molar-refractivity contribution >= 4 is 15.8 Å². The monoisotopic (exact) mass is 315 g/mol. The first kappa shape index (κ1) is 16.4. The van der Waals surface area contributed by atoms with Gasteiger partial charge in [0, 0.05) is 6.26 Å². The van der Waals surface area contributed by atoms with Gasteiger partial charge in [0.15, 0.2) is 5.69 Å². The summed E-state index contributed by atoms with van der Waals surface area (Å²) in [7, 11) is -3.48. The van der Waals surface area contributed by atoms with Crippen LogP contribution in [0.3, 0.4) is 0 Å². The number of hydrogen-bond donors (Lipinski definition) is 0. The second kappa shape index (κ2) is 5.77. The molecule has 0 saturated heterocycles. The lowest BCUT2D eigenvalue weighted by atomic mass is 10.3. The Kier molecular flexibility index (Phi) is 4.73. The van der Waals surface area contributed by atoms with Crippen molar-refractivity contribution in [3.8, 4) is 0 Å². The van der Waals surface area contributed by atoms with Gasteiger partial charge < -0.3 is 4.74 Å². The van der Waals surface area contributed by atoms with Gasteiger partial charge in [0.1, 0.15) is 9.84 Å². The molecule has 0 atom stereocenters. The number of halogens is 3. The van der Waals surface area contributed by atoms with E-state index in [4.69, 9.17) is 0 Å². The summed E-state index contributed by atoms with van der Waals surface area (Å²) in [5.41, 5.74) is -2.40. The van der Waals surface area contributed by atoms with Crippen LogP contribution in [0.4, 0.5) is 13.2 Å². The van der Waals surface area contributed by atoms with E-state index in [1.54, 1.807) is 0 Å². The molecular formula is C9H12F3N3O4S. The predicted molar refractivity (Wildman–Crippen MR) is 60.7 cm³/mol. The maximum absolute atomic E-state index is 12.9. The third-order valence-electron chi connectivity index (χ3n) is 2.15. The molecule has 0 unspecified atom stereocenters. The van der Waals surface area contributed by atoms with Gasteiger partial charge in [0.25, 0.3) is 0 Å². The molecule has 0 amide bonds. The maximum Gasteiger partial charge on any atom is 0.435 e. The molecule has 7 nitrogen and oxygen atoms in total. The van der Waals surface area contributed by atoms with Crippen LogP contribution in [0.1, 0.15) is 23.1 Å². The molecule has 0 spiro atoms. The molecule has 0 aliphatic carbocycles. The predicted octanol–water partition coefficient (Wildman–Crippen LogP) is 0.518. The van der Waals surface area contributed by atoms with Crippen LogP contribution in [0.15, 0.2) is 0 Å². The fourth-order valence-electron chi connectivity index (χ4n) is 1.34. The average Bonchev–Trinajstić information content (AvgIpc) is 2.69. The maximum atomic E-state index is 12.9. The summed E-state index contributed by atoms with van der Waals surface area (Å²) in [6.45, 7) is 0.756. The number of aromatic nitrogens is 3. The van der Waals surface area contributed by atoms with Crippen LogP contribution in [0, 0.1) is 0 Å². The van der Waals surface area contributed by atoms with E-state index in [0.717, 1.165) is 6.26 Å². The van der Waals surface area contributed by atoms with Crippen LogP contribution >= 0.6 is 0 Å². The molecule has 1 rings (SSSR count). The Morgan fingerprint density at radius 3 is 2.45 bits per heavy atom. The minimum atomic E-state index is -4.90. The van der Waals surface area contributed by atoms with Crippen LogP contribution in [-0.2, 0) is 27.3 Å². The number of aryl methyl sites for hydroxylation is 1. The third kappa shape index (κ3) is 4.18. The summed E-state index contributed by atoms with van der Waals surface area (Å²) < 4.78 is 65.5. The molecule has 11 heteroatoms. The van der Waals surface area contributed by atoms with E-state index >= 15 is 0 Å². The molecular weight excluding hydrogens is 303 g/mol. The number of carbonyl (C=O) groups is 1. The number of hydrogen-bond acceptors (Lipinski definition) is 6. The van der Waals surface area contributed by atoms with Crippen LogP contribution in [0.25, 0.3) is 0 Å². The SMILES string of the molecule is CCOC(=O)c1nnn(CCS(C)(=O)=O)c1C(F)(F)F. The molecule has 0 N–H and O–H groups in total. The Balaban J connectivity index is 3.17. The van der Waals surface area contributed by atoms with E-state index in [9.17, 15) is 26.4 Å². The Morgan fingerprint density at radius 1 is 1.40 bits per heavy atom.